The van der Waals surface area contributed by atoms with E-state index in [0.29, 0.717) is 0 Å². The summed E-state index contributed by atoms with van der Waals surface area (Å²) >= 11 is 1.78. The van der Waals surface area contributed by atoms with Gasteiger partial charge in [0.25, 0.3) is 0 Å². The minimum absolute atomic E-state index is 1.00. The summed E-state index contributed by atoms with van der Waals surface area (Å²) in [5.41, 5.74) is 3.39. The van der Waals surface area contributed by atoms with Crippen molar-refractivity contribution in [3.05, 3.63) is 102 Å². The molecule has 0 unspecified atom stereocenters. The van der Waals surface area contributed by atoms with Gasteiger partial charge in [0.1, 0.15) is 0 Å². The molecule has 0 aromatic heterocycles. The molecule has 0 bridgehead atoms. The lowest BCUT2D eigenvalue weighted by molar-refractivity contribution is 1.36. The van der Waals surface area contributed by atoms with Gasteiger partial charge < -0.3 is 0 Å². The summed E-state index contributed by atoms with van der Waals surface area (Å²) in [5, 5.41) is 2.39. The number of nitrogens with zero attached hydrogens (tertiary/aromatic N) is 1. The number of rotatable bonds is 4. The SMILES string of the molecule is Cc1ccc(Sc2ccc(C=Nc3cccc4ccccc34)cc2)cc1. The van der Waals surface area contributed by atoms with Crippen LogP contribution in [0.3, 0.4) is 0 Å². The second kappa shape index (κ2) is 7.59. The molecule has 4 rings (SSSR count). The van der Waals surface area contributed by atoms with Crippen LogP contribution in [0.4, 0.5) is 5.69 Å². The van der Waals surface area contributed by atoms with Crippen LogP contribution in [0.25, 0.3) is 10.8 Å². The number of hydrogen-bond donors (Lipinski definition) is 0. The number of fused-ring (bicyclic) bond motifs is 1. The van der Waals surface area contributed by atoms with Crippen molar-refractivity contribution >= 4 is 34.4 Å². The third-order valence-corrected chi connectivity index (χ3v) is 5.27. The van der Waals surface area contributed by atoms with E-state index in [1.165, 1.54) is 26.1 Å². The highest BCUT2D eigenvalue weighted by Gasteiger charge is 1.99. The fraction of sp³-hybridized carbons (Fsp3) is 0.0417. The first-order valence-electron chi connectivity index (χ1n) is 8.64. The van der Waals surface area contributed by atoms with Crippen LogP contribution < -0.4 is 0 Å². The molecule has 4 aromatic rings. The Morgan fingerprint density at radius 3 is 2.12 bits per heavy atom. The lowest BCUT2D eigenvalue weighted by Gasteiger charge is -2.03. The first-order valence-corrected chi connectivity index (χ1v) is 9.46. The molecule has 0 aliphatic carbocycles. The van der Waals surface area contributed by atoms with Gasteiger partial charge in [0.2, 0.25) is 0 Å². The van der Waals surface area contributed by atoms with Crippen molar-refractivity contribution in [2.24, 2.45) is 4.99 Å². The Morgan fingerprint density at radius 2 is 1.35 bits per heavy atom. The predicted octanol–water partition coefficient (Wildman–Crippen LogP) is 7.05. The van der Waals surface area contributed by atoms with Gasteiger partial charge >= 0.3 is 0 Å². The maximum Gasteiger partial charge on any atom is 0.0708 e. The van der Waals surface area contributed by atoms with Gasteiger partial charge in [0, 0.05) is 21.4 Å². The third kappa shape index (κ3) is 3.87. The Morgan fingerprint density at radius 1 is 0.692 bits per heavy atom. The Balaban J connectivity index is 1.51. The minimum Gasteiger partial charge on any atom is -0.256 e. The lowest BCUT2D eigenvalue weighted by Crippen LogP contribution is -1.81. The van der Waals surface area contributed by atoms with Crippen molar-refractivity contribution in [3.63, 3.8) is 0 Å². The Bertz CT molecular complexity index is 1040. The van der Waals surface area contributed by atoms with Gasteiger partial charge in [-0.2, -0.15) is 0 Å². The van der Waals surface area contributed by atoms with Crippen molar-refractivity contribution in [2.45, 2.75) is 16.7 Å². The molecular weight excluding hydrogens is 334 g/mol. The molecule has 4 aromatic carbocycles. The van der Waals surface area contributed by atoms with Crippen LogP contribution >= 0.6 is 11.8 Å². The first kappa shape index (κ1) is 16.6. The van der Waals surface area contributed by atoms with Crippen LogP contribution in [0, 0.1) is 6.92 Å². The molecule has 0 saturated carbocycles. The zero-order valence-corrected chi connectivity index (χ0v) is 15.4. The summed E-state index contributed by atoms with van der Waals surface area (Å²) in [6.45, 7) is 2.11. The van der Waals surface area contributed by atoms with E-state index in [1.807, 2.05) is 6.21 Å². The molecule has 0 amide bonds. The maximum absolute atomic E-state index is 4.70. The quantitative estimate of drug-likeness (QED) is 0.358. The highest BCUT2D eigenvalue weighted by molar-refractivity contribution is 7.99. The fourth-order valence-corrected chi connectivity index (χ4v) is 3.65. The number of aliphatic imine (C=N–C) groups is 1. The summed E-state index contributed by atoms with van der Waals surface area (Å²) in [6, 6.07) is 31.7. The van der Waals surface area contributed by atoms with E-state index >= 15 is 0 Å². The van der Waals surface area contributed by atoms with Crippen molar-refractivity contribution < 1.29 is 0 Å². The molecule has 0 fully saturated rings. The summed E-state index contributed by atoms with van der Waals surface area (Å²) < 4.78 is 0. The molecule has 0 heterocycles. The Kier molecular flexibility index (Phi) is 4.85. The van der Waals surface area contributed by atoms with Crippen LogP contribution in [-0.4, -0.2) is 6.21 Å². The minimum atomic E-state index is 1.00. The van der Waals surface area contributed by atoms with E-state index in [9.17, 15) is 0 Å². The summed E-state index contributed by atoms with van der Waals surface area (Å²) in [5.74, 6) is 0. The van der Waals surface area contributed by atoms with E-state index in [4.69, 9.17) is 4.99 Å². The van der Waals surface area contributed by atoms with Crippen LogP contribution in [-0.2, 0) is 0 Å². The van der Waals surface area contributed by atoms with Crippen molar-refractivity contribution in [3.8, 4) is 0 Å². The highest BCUT2D eigenvalue weighted by atomic mass is 32.2. The monoisotopic (exact) mass is 353 g/mol. The number of benzene rings is 4. The molecule has 0 spiro atoms. The fourth-order valence-electron chi connectivity index (χ4n) is 2.83. The largest absolute Gasteiger partial charge is 0.256 e. The molecule has 0 aliphatic rings. The van der Waals surface area contributed by atoms with Crippen LogP contribution in [0.15, 0.2) is 106 Å². The van der Waals surface area contributed by atoms with Crippen LogP contribution in [0.5, 0.6) is 0 Å². The highest BCUT2D eigenvalue weighted by Crippen LogP contribution is 2.28. The topological polar surface area (TPSA) is 12.4 Å². The average molecular weight is 353 g/mol. The Hall–Kier alpha value is -2.84. The predicted molar refractivity (Wildman–Crippen MR) is 113 cm³/mol. The van der Waals surface area contributed by atoms with E-state index in [0.717, 1.165) is 11.3 Å². The molecule has 1 nitrogen and oxygen atoms in total. The van der Waals surface area contributed by atoms with Gasteiger partial charge in [0.05, 0.1) is 5.69 Å². The molecule has 26 heavy (non-hydrogen) atoms. The molecule has 0 aliphatic heterocycles. The second-order valence-electron chi connectivity index (χ2n) is 6.24. The van der Waals surface area contributed by atoms with Gasteiger partial charge in [-0.25, -0.2) is 0 Å². The summed E-state index contributed by atoms with van der Waals surface area (Å²) in [7, 11) is 0. The molecule has 0 atom stereocenters. The first-order chi connectivity index (χ1) is 12.8. The molecule has 126 valence electrons. The van der Waals surface area contributed by atoms with Gasteiger partial charge in [-0.1, -0.05) is 78.0 Å². The third-order valence-electron chi connectivity index (χ3n) is 4.26. The van der Waals surface area contributed by atoms with Crippen molar-refractivity contribution in [1.82, 2.24) is 0 Å². The van der Waals surface area contributed by atoms with E-state index in [-0.39, 0.29) is 0 Å². The smallest absolute Gasteiger partial charge is 0.0708 e. The Labute approximate surface area is 158 Å². The molecule has 2 heteroatoms. The van der Waals surface area contributed by atoms with Crippen LogP contribution in [0.1, 0.15) is 11.1 Å². The van der Waals surface area contributed by atoms with E-state index in [2.05, 4.69) is 97.9 Å². The average Bonchev–Trinajstić information content (AvgIpc) is 2.69. The zero-order valence-electron chi connectivity index (χ0n) is 14.6. The number of hydrogen-bond acceptors (Lipinski definition) is 2. The number of aryl methyl sites for hydroxylation is 1. The van der Waals surface area contributed by atoms with Crippen LogP contribution in [0.2, 0.25) is 0 Å². The van der Waals surface area contributed by atoms with Gasteiger partial charge in [-0.15, -0.1) is 0 Å². The normalized spacial score (nSPS) is 11.3. The van der Waals surface area contributed by atoms with Gasteiger partial charge in [0.15, 0.2) is 0 Å². The lowest BCUT2D eigenvalue weighted by atomic mass is 10.1. The van der Waals surface area contributed by atoms with E-state index in [1.54, 1.807) is 11.8 Å². The molecule has 0 N–H and O–H groups in total. The molecular formula is C24H19NS. The summed E-state index contributed by atoms with van der Waals surface area (Å²) in [4.78, 5) is 7.19. The zero-order chi connectivity index (χ0) is 17.8. The van der Waals surface area contributed by atoms with Gasteiger partial charge in [-0.3, -0.25) is 4.99 Å². The second-order valence-corrected chi connectivity index (χ2v) is 7.39. The molecule has 0 saturated heterocycles. The maximum atomic E-state index is 4.70. The van der Waals surface area contributed by atoms with Crippen molar-refractivity contribution in [2.75, 3.05) is 0 Å². The standard InChI is InChI=1S/C24H19NS/c1-18-9-13-21(14-10-18)26-22-15-11-19(12-16-22)17-25-24-8-4-6-20-5-2-3-7-23(20)24/h2-17H,1H3. The summed E-state index contributed by atoms with van der Waals surface area (Å²) in [6.07, 6.45) is 1.93. The van der Waals surface area contributed by atoms with Gasteiger partial charge in [-0.05, 0) is 48.2 Å². The van der Waals surface area contributed by atoms with E-state index < -0.39 is 0 Å². The van der Waals surface area contributed by atoms with Crippen molar-refractivity contribution in [1.29, 1.82) is 0 Å². The molecule has 0 radical (unpaired) electrons.